The number of nitrogens with one attached hydrogen (secondary N) is 2. The van der Waals surface area contributed by atoms with E-state index in [0.717, 1.165) is 5.56 Å². The Morgan fingerprint density at radius 3 is 2.40 bits per heavy atom. The fourth-order valence-electron chi connectivity index (χ4n) is 3.48. The van der Waals surface area contributed by atoms with Gasteiger partial charge in [0.1, 0.15) is 11.6 Å². The Morgan fingerprint density at radius 1 is 1.03 bits per heavy atom. The number of morpholine rings is 1. The van der Waals surface area contributed by atoms with Crippen molar-refractivity contribution in [3.63, 3.8) is 0 Å². The predicted octanol–water partition coefficient (Wildman–Crippen LogP) is 4.00. The van der Waals surface area contributed by atoms with Crippen LogP contribution < -0.4 is 15.4 Å². The van der Waals surface area contributed by atoms with Crippen molar-refractivity contribution in [3.8, 4) is 11.5 Å². The van der Waals surface area contributed by atoms with Gasteiger partial charge in [0.05, 0.1) is 30.3 Å². The lowest BCUT2D eigenvalue weighted by molar-refractivity contribution is -0.114. The van der Waals surface area contributed by atoms with Crippen molar-refractivity contribution in [2.24, 2.45) is 0 Å². The minimum absolute atomic E-state index is 0.0623. The maximum Gasteiger partial charge on any atom is 0.243 e. The summed E-state index contributed by atoms with van der Waals surface area (Å²) in [7, 11) is -3.76. The van der Waals surface area contributed by atoms with Gasteiger partial charge >= 0.3 is 0 Å². The number of carbonyl (C=O) groups excluding carboxylic acids is 1. The van der Waals surface area contributed by atoms with E-state index in [1.54, 1.807) is 12.1 Å². The molecule has 4 rings (SSSR count). The number of nitrogens with zero attached hydrogens (tertiary/aromatic N) is 1. The van der Waals surface area contributed by atoms with Gasteiger partial charge in [0.25, 0.3) is 0 Å². The number of hydrogen-bond donors (Lipinski definition) is 2. The molecule has 0 atom stereocenters. The van der Waals surface area contributed by atoms with E-state index in [0.29, 0.717) is 36.1 Å². The number of benzene rings is 3. The second-order valence-electron chi connectivity index (χ2n) is 8.00. The molecule has 1 aliphatic rings. The van der Waals surface area contributed by atoms with Crippen LogP contribution >= 0.6 is 0 Å². The summed E-state index contributed by atoms with van der Waals surface area (Å²) in [6.07, 6.45) is 0. The van der Waals surface area contributed by atoms with E-state index in [1.807, 2.05) is 19.1 Å². The fourth-order valence-corrected chi connectivity index (χ4v) is 4.91. The zero-order valence-electron chi connectivity index (χ0n) is 19.2. The van der Waals surface area contributed by atoms with Crippen LogP contribution in [-0.4, -0.2) is 51.5 Å². The van der Waals surface area contributed by atoms with Crippen molar-refractivity contribution in [1.82, 2.24) is 4.31 Å². The third-order valence-corrected chi connectivity index (χ3v) is 7.27. The molecular formula is C25H26FN3O5S. The first-order chi connectivity index (χ1) is 16.8. The van der Waals surface area contributed by atoms with Crippen molar-refractivity contribution in [3.05, 3.63) is 78.1 Å². The first kappa shape index (κ1) is 24.6. The molecule has 35 heavy (non-hydrogen) atoms. The molecule has 1 fully saturated rings. The second-order valence-corrected chi connectivity index (χ2v) is 9.94. The molecule has 2 N–H and O–H groups in total. The van der Waals surface area contributed by atoms with Gasteiger partial charge in [0.15, 0.2) is 5.75 Å². The lowest BCUT2D eigenvalue weighted by atomic mass is 10.2. The summed E-state index contributed by atoms with van der Waals surface area (Å²) < 4.78 is 52.0. The summed E-state index contributed by atoms with van der Waals surface area (Å²) in [4.78, 5) is 12.6. The molecule has 0 spiro atoms. The van der Waals surface area contributed by atoms with Crippen LogP contribution in [0.4, 0.5) is 15.8 Å². The van der Waals surface area contributed by atoms with Crippen molar-refractivity contribution < 1.29 is 27.1 Å². The average Bonchev–Trinajstić information content (AvgIpc) is 2.86. The van der Waals surface area contributed by atoms with Crippen LogP contribution in [0.2, 0.25) is 0 Å². The maximum atomic E-state index is 13.3. The summed E-state index contributed by atoms with van der Waals surface area (Å²) in [5.74, 6) is -0.0681. The van der Waals surface area contributed by atoms with E-state index in [-0.39, 0.29) is 30.4 Å². The van der Waals surface area contributed by atoms with E-state index in [9.17, 15) is 17.6 Å². The van der Waals surface area contributed by atoms with Crippen LogP contribution in [0, 0.1) is 12.7 Å². The van der Waals surface area contributed by atoms with Crippen LogP contribution in [0.1, 0.15) is 5.56 Å². The Bertz CT molecular complexity index is 1280. The zero-order chi connectivity index (χ0) is 24.8. The van der Waals surface area contributed by atoms with Gasteiger partial charge in [-0.2, -0.15) is 4.31 Å². The fraction of sp³-hybridized carbons (Fsp3) is 0.240. The first-order valence-corrected chi connectivity index (χ1v) is 12.5. The second kappa shape index (κ2) is 10.9. The molecule has 8 nitrogen and oxygen atoms in total. The molecule has 1 saturated heterocycles. The summed E-state index contributed by atoms with van der Waals surface area (Å²) in [5, 5.41) is 5.76. The van der Waals surface area contributed by atoms with Crippen molar-refractivity contribution in [1.29, 1.82) is 0 Å². The van der Waals surface area contributed by atoms with Crippen LogP contribution in [-0.2, 0) is 19.6 Å². The number of amides is 1. The summed E-state index contributed by atoms with van der Waals surface area (Å²) in [6, 6.07) is 17.2. The smallest absolute Gasteiger partial charge is 0.243 e. The molecule has 0 aromatic heterocycles. The number of aryl methyl sites for hydroxylation is 1. The number of ether oxygens (including phenoxy) is 2. The molecule has 184 valence electrons. The van der Waals surface area contributed by atoms with Gasteiger partial charge < -0.3 is 20.1 Å². The standard InChI is InChI=1S/C25H26FN3O5S/c1-18-2-6-20(7-3-18)28-25(30)17-27-23-16-22(35(31,32)29-12-14-33-15-13-29)10-11-24(23)34-21-8-4-19(26)5-9-21/h2-11,16,27H,12-15,17H2,1H3,(H,28,30). The number of rotatable bonds is 8. The maximum absolute atomic E-state index is 13.3. The minimum atomic E-state index is -3.76. The Morgan fingerprint density at radius 2 is 1.71 bits per heavy atom. The molecule has 1 amide bonds. The van der Waals surface area contributed by atoms with E-state index in [2.05, 4.69) is 10.6 Å². The SMILES string of the molecule is Cc1ccc(NC(=O)CNc2cc(S(=O)(=O)N3CCOCC3)ccc2Oc2ccc(F)cc2)cc1. The third kappa shape index (κ3) is 6.36. The number of halogens is 1. The molecule has 0 aliphatic carbocycles. The molecule has 10 heteroatoms. The lowest BCUT2D eigenvalue weighted by Gasteiger charge is -2.26. The highest BCUT2D eigenvalue weighted by atomic mass is 32.2. The number of anilines is 2. The van der Waals surface area contributed by atoms with Gasteiger partial charge in [-0.1, -0.05) is 17.7 Å². The Labute approximate surface area is 203 Å². The first-order valence-electron chi connectivity index (χ1n) is 11.1. The molecule has 0 bridgehead atoms. The van der Waals surface area contributed by atoms with Crippen molar-refractivity contribution >= 4 is 27.3 Å². The predicted molar refractivity (Wildman–Crippen MR) is 131 cm³/mol. The topological polar surface area (TPSA) is 97.0 Å². The Balaban J connectivity index is 1.56. The summed E-state index contributed by atoms with van der Waals surface area (Å²) in [6.45, 7) is 3.00. The van der Waals surface area contributed by atoms with Crippen LogP contribution in [0.5, 0.6) is 11.5 Å². The molecule has 0 unspecified atom stereocenters. The van der Waals surface area contributed by atoms with Crippen LogP contribution in [0.25, 0.3) is 0 Å². The minimum Gasteiger partial charge on any atom is -0.455 e. The van der Waals surface area contributed by atoms with E-state index in [4.69, 9.17) is 9.47 Å². The van der Waals surface area contributed by atoms with Gasteiger partial charge in [-0.25, -0.2) is 12.8 Å². The molecule has 1 aliphatic heterocycles. The van der Waals surface area contributed by atoms with Gasteiger partial charge in [-0.3, -0.25) is 4.79 Å². The summed E-state index contributed by atoms with van der Waals surface area (Å²) >= 11 is 0. The quantitative estimate of drug-likeness (QED) is 0.486. The van der Waals surface area contributed by atoms with E-state index < -0.39 is 15.8 Å². The Hall–Kier alpha value is -3.47. The average molecular weight is 500 g/mol. The summed E-state index contributed by atoms with van der Waals surface area (Å²) in [5.41, 5.74) is 2.03. The van der Waals surface area contributed by atoms with Gasteiger partial charge in [-0.15, -0.1) is 0 Å². The third-order valence-electron chi connectivity index (χ3n) is 5.38. The van der Waals surface area contributed by atoms with E-state index >= 15 is 0 Å². The van der Waals surface area contributed by atoms with Gasteiger partial charge in [0.2, 0.25) is 15.9 Å². The van der Waals surface area contributed by atoms with E-state index in [1.165, 1.54) is 46.8 Å². The number of sulfonamides is 1. The molecule has 3 aromatic carbocycles. The number of hydrogen-bond acceptors (Lipinski definition) is 6. The zero-order valence-corrected chi connectivity index (χ0v) is 20.0. The molecule has 1 heterocycles. The normalized spacial score (nSPS) is 14.3. The van der Waals surface area contributed by atoms with Crippen molar-refractivity contribution in [2.75, 3.05) is 43.5 Å². The number of carbonyl (C=O) groups is 1. The van der Waals surface area contributed by atoms with Gasteiger partial charge in [0, 0.05) is 18.8 Å². The molecule has 0 saturated carbocycles. The highest BCUT2D eigenvalue weighted by molar-refractivity contribution is 7.89. The van der Waals surface area contributed by atoms with Crippen LogP contribution in [0.15, 0.2) is 71.6 Å². The van der Waals surface area contributed by atoms with Crippen LogP contribution in [0.3, 0.4) is 0 Å². The molecule has 3 aromatic rings. The highest BCUT2D eigenvalue weighted by Gasteiger charge is 2.27. The highest BCUT2D eigenvalue weighted by Crippen LogP contribution is 2.33. The largest absolute Gasteiger partial charge is 0.455 e. The Kier molecular flexibility index (Phi) is 7.64. The van der Waals surface area contributed by atoms with Crippen molar-refractivity contribution in [2.45, 2.75) is 11.8 Å². The molecular weight excluding hydrogens is 473 g/mol. The lowest BCUT2D eigenvalue weighted by Crippen LogP contribution is -2.40. The van der Waals surface area contributed by atoms with Gasteiger partial charge in [-0.05, 0) is 61.5 Å². The molecule has 0 radical (unpaired) electrons. The monoisotopic (exact) mass is 499 g/mol.